The van der Waals surface area contributed by atoms with E-state index >= 15 is 0 Å². The fourth-order valence-electron chi connectivity index (χ4n) is 4.71. The number of aliphatic carboxylic acids is 1. The zero-order valence-electron chi connectivity index (χ0n) is 19.7. The van der Waals surface area contributed by atoms with Crippen molar-refractivity contribution in [3.8, 4) is 11.1 Å². The monoisotopic (exact) mass is 476 g/mol. The Balaban J connectivity index is 1.35. The van der Waals surface area contributed by atoms with Crippen molar-refractivity contribution < 1.29 is 24.2 Å². The molecule has 3 N–H and O–H groups in total. The van der Waals surface area contributed by atoms with E-state index < -0.39 is 29.9 Å². The first kappa shape index (κ1) is 24.5. The van der Waals surface area contributed by atoms with Crippen LogP contribution in [-0.4, -0.2) is 42.3 Å². The number of nitrogens with one attached hydrogen (secondary N) is 2. The van der Waals surface area contributed by atoms with Crippen molar-refractivity contribution in [3.05, 3.63) is 72.3 Å². The molecule has 0 radical (unpaired) electrons. The Bertz CT molecular complexity index is 1050. The highest BCUT2D eigenvalue weighted by atomic mass is 16.5. The van der Waals surface area contributed by atoms with Gasteiger partial charge in [-0.3, -0.25) is 9.59 Å². The summed E-state index contributed by atoms with van der Waals surface area (Å²) in [6.07, 6.45) is 4.52. The van der Waals surface area contributed by atoms with Gasteiger partial charge in [-0.2, -0.15) is 0 Å². The molecule has 1 fully saturated rings. The highest BCUT2D eigenvalue weighted by Crippen LogP contribution is 2.44. The summed E-state index contributed by atoms with van der Waals surface area (Å²) in [7, 11) is 0. The van der Waals surface area contributed by atoms with E-state index in [-0.39, 0.29) is 19.1 Å². The Labute approximate surface area is 205 Å². The first-order valence-electron chi connectivity index (χ1n) is 12.2. The van der Waals surface area contributed by atoms with Crippen LogP contribution in [-0.2, 0) is 14.3 Å². The summed E-state index contributed by atoms with van der Waals surface area (Å²) < 4.78 is 5.58. The van der Waals surface area contributed by atoms with E-state index in [1.807, 2.05) is 36.4 Å². The SMILES string of the molecule is C=CCCC(NC(=O)OCC1c2ccccc2-c2ccccc21)C(=O)NCC(CC1CC1)C(=O)O. The average molecular weight is 477 g/mol. The lowest BCUT2D eigenvalue weighted by Gasteiger charge is -2.20. The molecule has 0 aromatic heterocycles. The smallest absolute Gasteiger partial charge is 0.407 e. The van der Waals surface area contributed by atoms with Crippen molar-refractivity contribution in [2.24, 2.45) is 11.8 Å². The highest BCUT2D eigenvalue weighted by molar-refractivity contribution is 5.86. The Morgan fingerprint density at radius 1 is 1.06 bits per heavy atom. The van der Waals surface area contributed by atoms with E-state index in [0.29, 0.717) is 25.2 Å². The molecule has 1 saturated carbocycles. The number of hydrogen-bond donors (Lipinski definition) is 3. The summed E-state index contributed by atoms with van der Waals surface area (Å²) in [5.41, 5.74) is 4.50. The van der Waals surface area contributed by atoms with E-state index in [1.54, 1.807) is 6.08 Å². The zero-order chi connectivity index (χ0) is 24.8. The van der Waals surface area contributed by atoms with E-state index in [0.717, 1.165) is 35.1 Å². The third-order valence-electron chi connectivity index (χ3n) is 6.80. The van der Waals surface area contributed by atoms with Crippen LogP contribution in [0.25, 0.3) is 11.1 Å². The van der Waals surface area contributed by atoms with Crippen LogP contribution < -0.4 is 10.6 Å². The predicted octanol–water partition coefficient (Wildman–Crippen LogP) is 4.48. The third-order valence-corrected chi connectivity index (χ3v) is 6.80. The molecule has 2 aromatic carbocycles. The lowest BCUT2D eigenvalue weighted by molar-refractivity contribution is -0.142. The van der Waals surface area contributed by atoms with Gasteiger partial charge in [-0.05, 0) is 47.4 Å². The molecule has 2 atom stereocenters. The molecule has 0 heterocycles. The van der Waals surface area contributed by atoms with Crippen molar-refractivity contribution in [3.63, 3.8) is 0 Å². The minimum Gasteiger partial charge on any atom is -0.481 e. The summed E-state index contributed by atoms with van der Waals surface area (Å²) in [6, 6.07) is 15.3. The number of carbonyl (C=O) groups excluding carboxylic acids is 2. The van der Waals surface area contributed by atoms with Gasteiger partial charge < -0.3 is 20.5 Å². The fourth-order valence-corrected chi connectivity index (χ4v) is 4.71. The Kier molecular flexibility index (Phi) is 7.85. The molecule has 2 aliphatic carbocycles. The predicted molar refractivity (Wildman–Crippen MR) is 133 cm³/mol. The van der Waals surface area contributed by atoms with Crippen LogP contribution in [0.1, 0.15) is 49.1 Å². The number of benzene rings is 2. The van der Waals surface area contributed by atoms with Crippen molar-refractivity contribution in [1.29, 1.82) is 0 Å². The lowest BCUT2D eigenvalue weighted by Crippen LogP contribution is -2.48. The molecule has 4 rings (SSSR count). The van der Waals surface area contributed by atoms with Crippen LogP contribution in [0.2, 0.25) is 0 Å². The van der Waals surface area contributed by atoms with Crippen LogP contribution in [0.15, 0.2) is 61.2 Å². The molecule has 0 aliphatic heterocycles. The Hall–Kier alpha value is -3.61. The van der Waals surface area contributed by atoms with Gasteiger partial charge in [0.15, 0.2) is 0 Å². The summed E-state index contributed by atoms with van der Waals surface area (Å²) in [6.45, 7) is 3.88. The molecule has 184 valence electrons. The van der Waals surface area contributed by atoms with Gasteiger partial charge >= 0.3 is 12.1 Å². The molecule has 2 aliphatic rings. The Morgan fingerprint density at radius 2 is 1.69 bits per heavy atom. The van der Waals surface area contributed by atoms with Gasteiger partial charge in [0.25, 0.3) is 0 Å². The fraction of sp³-hybridized carbons (Fsp3) is 0.393. The summed E-state index contributed by atoms with van der Waals surface area (Å²) in [5.74, 6) is -1.59. The van der Waals surface area contributed by atoms with Crippen molar-refractivity contribution in [2.75, 3.05) is 13.2 Å². The van der Waals surface area contributed by atoms with Gasteiger partial charge in [0, 0.05) is 12.5 Å². The molecule has 7 nitrogen and oxygen atoms in total. The number of ether oxygens (including phenoxy) is 1. The normalized spacial score (nSPS) is 15.9. The van der Waals surface area contributed by atoms with Crippen LogP contribution in [0.3, 0.4) is 0 Å². The number of alkyl carbamates (subject to hydrolysis) is 1. The molecule has 0 bridgehead atoms. The van der Waals surface area contributed by atoms with Crippen LogP contribution >= 0.6 is 0 Å². The summed E-state index contributed by atoms with van der Waals surface area (Å²) >= 11 is 0. The van der Waals surface area contributed by atoms with Crippen LogP contribution in [0, 0.1) is 11.8 Å². The number of allylic oxidation sites excluding steroid dienone is 1. The van der Waals surface area contributed by atoms with Crippen LogP contribution in [0.4, 0.5) is 4.79 Å². The second kappa shape index (κ2) is 11.2. The second-order valence-corrected chi connectivity index (χ2v) is 9.35. The van der Waals surface area contributed by atoms with E-state index in [1.165, 1.54) is 0 Å². The van der Waals surface area contributed by atoms with Gasteiger partial charge in [-0.1, -0.05) is 67.4 Å². The quantitative estimate of drug-likeness (QED) is 0.392. The van der Waals surface area contributed by atoms with Crippen molar-refractivity contribution in [1.82, 2.24) is 10.6 Å². The molecule has 2 amide bonds. The number of hydrogen-bond acceptors (Lipinski definition) is 4. The van der Waals surface area contributed by atoms with E-state index in [9.17, 15) is 19.5 Å². The summed E-state index contributed by atoms with van der Waals surface area (Å²) in [4.78, 5) is 37.0. The number of carboxylic acids is 1. The molecule has 0 spiro atoms. The molecular formula is C28H32N2O5. The second-order valence-electron chi connectivity index (χ2n) is 9.35. The maximum Gasteiger partial charge on any atom is 0.407 e. The number of amides is 2. The number of rotatable bonds is 12. The molecular weight excluding hydrogens is 444 g/mol. The highest BCUT2D eigenvalue weighted by Gasteiger charge is 2.31. The van der Waals surface area contributed by atoms with Crippen molar-refractivity contribution in [2.45, 2.75) is 44.1 Å². The van der Waals surface area contributed by atoms with Crippen LogP contribution in [0.5, 0.6) is 0 Å². The minimum absolute atomic E-state index is 0.0433. The van der Waals surface area contributed by atoms with Gasteiger partial charge in [0.05, 0.1) is 5.92 Å². The number of carbonyl (C=O) groups is 3. The number of carboxylic acid groups (broad SMARTS) is 1. The maximum atomic E-state index is 12.8. The van der Waals surface area contributed by atoms with Gasteiger partial charge in [-0.15, -0.1) is 6.58 Å². The average Bonchev–Trinajstić information content (AvgIpc) is 3.63. The first-order chi connectivity index (χ1) is 17.0. The van der Waals surface area contributed by atoms with E-state index in [2.05, 4.69) is 29.3 Å². The van der Waals surface area contributed by atoms with E-state index in [4.69, 9.17) is 4.74 Å². The molecule has 0 saturated heterocycles. The van der Waals surface area contributed by atoms with Gasteiger partial charge in [0.1, 0.15) is 12.6 Å². The minimum atomic E-state index is -0.913. The largest absolute Gasteiger partial charge is 0.481 e. The number of fused-ring (bicyclic) bond motifs is 3. The van der Waals surface area contributed by atoms with Crippen molar-refractivity contribution >= 4 is 18.0 Å². The van der Waals surface area contributed by atoms with Gasteiger partial charge in [-0.25, -0.2) is 4.79 Å². The van der Waals surface area contributed by atoms with Gasteiger partial charge in [0.2, 0.25) is 5.91 Å². The topological polar surface area (TPSA) is 105 Å². The standard InChI is InChI=1S/C28H32N2O5/c1-2-3-12-25(26(31)29-16-19(27(32)33)15-18-13-14-18)30-28(34)35-17-24-22-10-6-4-8-20(22)21-9-5-7-11-23(21)24/h2,4-11,18-19,24-25H,1,3,12-17H2,(H,29,31)(H,30,34)(H,32,33). The summed E-state index contributed by atoms with van der Waals surface area (Å²) in [5, 5.41) is 14.8. The molecule has 7 heteroatoms. The maximum absolute atomic E-state index is 12.8. The zero-order valence-corrected chi connectivity index (χ0v) is 19.7. The first-order valence-corrected chi connectivity index (χ1v) is 12.2. The third kappa shape index (κ3) is 6.10. The molecule has 2 aromatic rings. The molecule has 2 unspecified atom stereocenters. The Morgan fingerprint density at radius 3 is 2.26 bits per heavy atom. The molecule has 35 heavy (non-hydrogen) atoms. The lowest BCUT2D eigenvalue weighted by atomic mass is 9.98.